The normalized spacial score (nSPS) is 12.0. The number of ether oxygens (including phenoxy) is 2. The summed E-state index contributed by atoms with van der Waals surface area (Å²) in [5.74, 6) is -1.64. The lowest BCUT2D eigenvalue weighted by molar-refractivity contribution is 0.0318. The standard InChI is InChI=1S/C21H22FNO5/c1-13(18(24)14-8-10-16(22)11-9-14)27-19(25)15-6-5-7-17(12-15)23-20(26)28-21(2,3)4/h5-13H,1-4H3,(H,23,26)/t13-/m1/s1. The SMILES string of the molecule is C[C@@H](OC(=O)c1cccc(NC(=O)OC(C)(C)C)c1)C(=O)c1ccc(F)cc1. The van der Waals surface area contributed by atoms with Crippen LogP contribution in [0.15, 0.2) is 48.5 Å². The van der Waals surface area contributed by atoms with E-state index in [4.69, 9.17) is 9.47 Å². The van der Waals surface area contributed by atoms with Gasteiger partial charge in [-0.25, -0.2) is 14.0 Å². The van der Waals surface area contributed by atoms with E-state index in [9.17, 15) is 18.8 Å². The molecule has 2 aromatic rings. The summed E-state index contributed by atoms with van der Waals surface area (Å²) in [6, 6.07) is 11.0. The predicted octanol–water partition coefficient (Wildman–Crippen LogP) is 4.60. The van der Waals surface area contributed by atoms with E-state index in [-0.39, 0.29) is 11.1 Å². The van der Waals surface area contributed by atoms with Crippen molar-refractivity contribution in [3.05, 3.63) is 65.5 Å². The zero-order valence-corrected chi connectivity index (χ0v) is 16.1. The summed E-state index contributed by atoms with van der Waals surface area (Å²) in [7, 11) is 0. The van der Waals surface area contributed by atoms with Crippen molar-refractivity contribution in [2.24, 2.45) is 0 Å². The highest BCUT2D eigenvalue weighted by atomic mass is 19.1. The van der Waals surface area contributed by atoms with Gasteiger partial charge in [0.1, 0.15) is 11.4 Å². The van der Waals surface area contributed by atoms with Crippen molar-refractivity contribution in [2.45, 2.75) is 39.4 Å². The molecule has 0 aliphatic heterocycles. The van der Waals surface area contributed by atoms with Gasteiger partial charge in [0.2, 0.25) is 5.78 Å². The summed E-state index contributed by atoms with van der Waals surface area (Å²) in [6.45, 7) is 6.64. The van der Waals surface area contributed by atoms with E-state index in [1.54, 1.807) is 32.9 Å². The van der Waals surface area contributed by atoms with Gasteiger partial charge in [-0.05, 0) is 70.2 Å². The minimum Gasteiger partial charge on any atom is -0.451 e. The summed E-state index contributed by atoms with van der Waals surface area (Å²) < 4.78 is 23.3. The van der Waals surface area contributed by atoms with Crippen molar-refractivity contribution in [2.75, 3.05) is 5.32 Å². The molecule has 0 saturated heterocycles. The lowest BCUT2D eigenvalue weighted by Crippen LogP contribution is -2.27. The predicted molar refractivity (Wildman–Crippen MR) is 102 cm³/mol. The molecule has 0 aliphatic rings. The number of Topliss-reactive ketones (excluding diaryl/α,β-unsaturated/α-hetero) is 1. The number of nitrogens with one attached hydrogen (secondary N) is 1. The minimum absolute atomic E-state index is 0.160. The molecule has 2 rings (SSSR count). The minimum atomic E-state index is -1.06. The van der Waals surface area contributed by atoms with Gasteiger partial charge >= 0.3 is 12.1 Å². The fourth-order valence-electron chi connectivity index (χ4n) is 2.28. The Labute approximate surface area is 162 Å². The number of benzene rings is 2. The van der Waals surface area contributed by atoms with Gasteiger partial charge in [-0.15, -0.1) is 0 Å². The Balaban J connectivity index is 2.03. The van der Waals surface area contributed by atoms with E-state index >= 15 is 0 Å². The highest BCUT2D eigenvalue weighted by molar-refractivity contribution is 6.01. The smallest absolute Gasteiger partial charge is 0.412 e. The maximum absolute atomic E-state index is 13.0. The van der Waals surface area contributed by atoms with Crippen LogP contribution in [-0.4, -0.2) is 29.6 Å². The van der Waals surface area contributed by atoms with Crippen molar-refractivity contribution in [1.82, 2.24) is 0 Å². The van der Waals surface area contributed by atoms with Gasteiger partial charge in [0.25, 0.3) is 0 Å². The number of amides is 1. The van der Waals surface area contributed by atoms with Crippen LogP contribution in [0.1, 0.15) is 48.4 Å². The summed E-state index contributed by atoms with van der Waals surface area (Å²) >= 11 is 0. The third kappa shape index (κ3) is 6.19. The molecular formula is C21H22FNO5. The van der Waals surface area contributed by atoms with Crippen LogP contribution in [0.5, 0.6) is 0 Å². The second kappa shape index (κ2) is 8.65. The van der Waals surface area contributed by atoms with Crippen LogP contribution >= 0.6 is 0 Å². The van der Waals surface area contributed by atoms with Gasteiger partial charge < -0.3 is 9.47 Å². The van der Waals surface area contributed by atoms with E-state index in [1.165, 1.54) is 31.2 Å². The van der Waals surface area contributed by atoms with Crippen molar-refractivity contribution < 1.29 is 28.2 Å². The number of carbonyl (C=O) groups is 3. The average molecular weight is 387 g/mol. The fraction of sp³-hybridized carbons (Fsp3) is 0.286. The fourth-order valence-corrected chi connectivity index (χ4v) is 2.28. The Morgan fingerprint density at radius 3 is 2.25 bits per heavy atom. The number of hydrogen-bond acceptors (Lipinski definition) is 5. The zero-order chi connectivity index (χ0) is 20.9. The van der Waals surface area contributed by atoms with E-state index < -0.39 is 35.4 Å². The molecule has 1 atom stereocenters. The number of esters is 1. The topological polar surface area (TPSA) is 81.7 Å². The van der Waals surface area contributed by atoms with Crippen LogP contribution in [-0.2, 0) is 9.47 Å². The van der Waals surface area contributed by atoms with Gasteiger partial charge in [-0.3, -0.25) is 10.1 Å². The van der Waals surface area contributed by atoms with Crippen molar-refractivity contribution in [3.63, 3.8) is 0 Å². The summed E-state index contributed by atoms with van der Waals surface area (Å²) in [6.07, 6.45) is -1.71. The van der Waals surface area contributed by atoms with Gasteiger partial charge in [0.05, 0.1) is 5.56 Å². The molecule has 0 fully saturated rings. The highest BCUT2D eigenvalue weighted by Gasteiger charge is 2.21. The van der Waals surface area contributed by atoms with E-state index in [2.05, 4.69) is 5.32 Å². The molecule has 2 aromatic carbocycles. The largest absolute Gasteiger partial charge is 0.451 e. The number of carbonyl (C=O) groups excluding carboxylic acids is 3. The van der Waals surface area contributed by atoms with E-state index in [0.717, 1.165) is 12.1 Å². The van der Waals surface area contributed by atoms with Crippen molar-refractivity contribution in [3.8, 4) is 0 Å². The van der Waals surface area contributed by atoms with Crippen molar-refractivity contribution >= 4 is 23.5 Å². The molecule has 0 aliphatic carbocycles. The lowest BCUT2D eigenvalue weighted by atomic mass is 10.1. The maximum atomic E-state index is 13.0. The number of anilines is 1. The van der Waals surface area contributed by atoms with Crippen LogP contribution in [0.3, 0.4) is 0 Å². The second-order valence-corrected chi connectivity index (χ2v) is 7.13. The van der Waals surface area contributed by atoms with Gasteiger partial charge in [0.15, 0.2) is 6.10 Å². The van der Waals surface area contributed by atoms with Crippen LogP contribution in [0.2, 0.25) is 0 Å². The first-order valence-corrected chi connectivity index (χ1v) is 8.66. The Kier molecular flexibility index (Phi) is 6.51. The van der Waals surface area contributed by atoms with Gasteiger partial charge in [-0.2, -0.15) is 0 Å². The maximum Gasteiger partial charge on any atom is 0.412 e. The van der Waals surface area contributed by atoms with Crippen LogP contribution in [0.4, 0.5) is 14.9 Å². The molecule has 0 unspecified atom stereocenters. The molecule has 1 amide bonds. The first kappa shape index (κ1) is 21.1. The average Bonchev–Trinajstić information content (AvgIpc) is 2.60. The Hall–Kier alpha value is -3.22. The molecule has 7 heteroatoms. The molecule has 0 heterocycles. The molecule has 0 spiro atoms. The van der Waals surface area contributed by atoms with E-state index in [1.807, 2.05) is 0 Å². The monoisotopic (exact) mass is 387 g/mol. The summed E-state index contributed by atoms with van der Waals surface area (Å²) in [5, 5.41) is 2.53. The molecule has 0 bridgehead atoms. The second-order valence-electron chi connectivity index (χ2n) is 7.13. The van der Waals surface area contributed by atoms with Crippen molar-refractivity contribution in [1.29, 1.82) is 0 Å². The molecular weight excluding hydrogens is 365 g/mol. The molecule has 0 aromatic heterocycles. The Morgan fingerprint density at radius 2 is 1.64 bits per heavy atom. The quantitative estimate of drug-likeness (QED) is 0.599. The van der Waals surface area contributed by atoms with E-state index in [0.29, 0.717) is 5.69 Å². The first-order valence-electron chi connectivity index (χ1n) is 8.66. The number of hydrogen-bond donors (Lipinski definition) is 1. The van der Waals surface area contributed by atoms with Gasteiger partial charge in [0, 0.05) is 11.3 Å². The lowest BCUT2D eigenvalue weighted by Gasteiger charge is -2.19. The molecule has 0 radical (unpaired) electrons. The molecule has 1 N–H and O–H groups in total. The van der Waals surface area contributed by atoms with Crippen LogP contribution in [0.25, 0.3) is 0 Å². The first-order chi connectivity index (χ1) is 13.0. The van der Waals surface area contributed by atoms with Crippen LogP contribution in [0, 0.1) is 5.82 Å². The summed E-state index contributed by atoms with van der Waals surface area (Å²) in [5.41, 5.74) is 0.0899. The molecule has 28 heavy (non-hydrogen) atoms. The Bertz CT molecular complexity index is 871. The third-order valence-electron chi connectivity index (χ3n) is 3.53. The number of halogens is 1. The summed E-state index contributed by atoms with van der Waals surface area (Å²) in [4.78, 5) is 36.5. The highest BCUT2D eigenvalue weighted by Crippen LogP contribution is 2.16. The molecule has 0 saturated carbocycles. The Morgan fingerprint density at radius 1 is 1.00 bits per heavy atom. The van der Waals surface area contributed by atoms with Gasteiger partial charge in [-0.1, -0.05) is 6.07 Å². The molecule has 148 valence electrons. The number of ketones is 1. The zero-order valence-electron chi connectivity index (χ0n) is 16.1. The third-order valence-corrected chi connectivity index (χ3v) is 3.53. The molecule has 6 nitrogen and oxygen atoms in total. The van der Waals surface area contributed by atoms with Crippen LogP contribution < -0.4 is 5.32 Å². The number of rotatable bonds is 5.